The van der Waals surface area contributed by atoms with E-state index in [1.165, 1.54) is 0 Å². The maximum atomic E-state index is 9.02. The number of rotatable bonds is 9. The zero-order valence-corrected chi connectivity index (χ0v) is 12.7. The van der Waals surface area contributed by atoms with Gasteiger partial charge in [-0.1, -0.05) is 12.2 Å². The summed E-state index contributed by atoms with van der Waals surface area (Å²) in [4.78, 5) is 1.88. The first-order chi connectivity index (χ1) is 9.15. The Labute approximate surface area is 125 Å². The van der Waals surface area contributed by atoms with Gasteiger partial charge in [0, 0.05) is 32.7 Å². The summed E-state index contributed by atoms with van der Waals surface area (Å²) in [6, 6.07) is 0. The molecule has 7 heteroatoms. The molecule has 0 aromatic heterocycles. The minimum Gasteiger partial charge on any atom is -0.395 e. The Morgan fingerprint density at radius 2 is 1.68 bits per heavy atom. The minimum absolute atomic E-state index is 0.0507. The van der Waals surface area contributed by atoms with Crippen molar-refractivity contribution in [3.8, 4) is 0 Å². The van der Waals surface area contributed by atoms with Gasteiger partial charge in [0.1, 0.15) is 0 Å². The second kappa shape index (κ2) is 11.9. The van der Waals surface area contributed by atoms with Gasteiger partial charge < -0.3 is 26.0 Å². The molecule has 0 heterocycles. The van der Waals surface area contributed by atoms with Gasteiger partial charge in [0.05, 0.1) is 6.61 Å². The van der Waals surface area contributed by atoms with Crippen molar-refractivity contribution in [2.75, 3.05) is 39.3 Å². The lowest BCUT2D eigenvalue weighted by Gasteiger charge is -2.25. The fourth-order valence-electron chi connectivity index (χ4n) is 1.24. The van der Waals surface area contributed by atoms with Crippen LogP contribution in [0.1, 0.15) is 0 Å². The molecule has 0 aromatic carbocycles. The van der Waals surface area contributed by atoms with Crippen LogP contribution in [0.2, 0.25) is 0 Å². The van der Waals surface area contributed by atoms with Crippen LogP contribution in [-0.4, -0.2) is 59.6 Å². The molecule has 4 N–H and O–H groups in total. The lowest BCUT2D eigenvalue weighted by molar-refractivity contribution is 0.249. The molecule has 0 saturated heterocycles. The van der Waals surface area contributed by atoms with Crippen molar-refractivity contribution in [2.45, 2.75) is 0 Å². The first-order valence-corrected chi connectivity index (χ1v) is 6.84. The van der Waals surface area contributed by atoms with Gasteiger partial charge in [-0.2, -0.15) is 0 Å². The molecular formula is C12H22N4OS2. The summed E-state index contributed by atoms with van der Waals surface area (Å²) in [7, 11) is 0. The van der Waals surface area contributed by atoms with Crippen LogP contribution in [0.5, 0.6) is 0 Å². The molecule has 5 nitrogen and oxygen atoms in total. The molecule has 108 valence electrons. The Morgan fingerprint density at radius 1 is 1.05 bits per heavy atom. The Bertz CT molecular complexity index is 310. The quantitative estimate of drug-likeness (QED) is 0.353. The van der Waals surface area contributed by atoms with Crippen LogP contribution in [0.15, 0.2) is 25.3 Å². The molecule has 0 radical (unpaired) electrons. The van der Waals surface area contributed by atoms with E-state index in [2.05, 4.69) is 29.1 Å². The van der Waals surface area contributed by atoms with Crippen molar-refractivity contribution in [3.05, 3.63) is 25.3 Å². The highest BCUT2D eigenvalue weighted by molar-refractivity contribution is 7.80. The van der Waals surface area contributed by atoms with E-state index in [9.17, 15) is 0 Å². The minimum atomic E-state index is 0.0507. The van der Waals surface area contributed by atoms with Crippen molar-refractivity contribution in [3.63, 3.8) is 0 Å². The Hall–Kier alpha value is -1.18. The van der Waals surface area contributed by atoms with Crippen LogP contribution in [0.3, 0.4) is 0 Å². The fraction of sp³-hybridized carbons (Fsp3) is 0.500. The van der Waals surface area contributed by atoms with Gasteiger partial charge >= 0.3 is 0 Å². The Kier molecular flexibility index (Phi) is 11.1. The van der Waals surface area contributed by atoms with Crippen LogP contribution in [0.25, 0.3) is 0 Å². The molecule has 0 amide bonds. The topological polar surface area (TPSA) is 59.6 Å². The third kappa shape index (κ3) is 9.40. The van der Waals surface area contributed by atoms with Gasteiger partial charge in [-0.05, 0) is 24.4 Å². The normalized spacial score (nSPS) is 9.32. The largest absolute Gasteiger partial charge is 0.395 e. The predicted octanol–water partition coefficient (Wildman–Crippen LogP) is -0.00870. The van der Waals surface area contributed by atoms with Crippen LogP contribution < -0.4 is 16.0 Å². The molecule has 0 aliphatic heterocycles. The van der Waals surface area contributed by atoms with Gasteiger partial charge in [-0.15, -0.1) is 13.2 Å². The summed E-state index contributed by atoms with van der Waals surface area (Å²) >= 11 is 10.3. The lowest BCUT2D eigenvalue weighted by atomic mass is 10.5. The Morgan fingerprint density at radius 3 is 2.26 bits per heavy atom. The highest BCUT2D eigenvalue weighted by Gasteiger charge is 2.07. The summed E-state index contributed by atoms with van der Waals surface area (Å²) < 4.78 is 0. The SMILES string of the molecule is C=CCNC(=S)NCCN(CCO)C(=S)NCC=C. The molecule has 0 saturated carbocycles. The second-order valence-electron chi connectivity index (χ2n) is 3.61. The zero-order chi connectivity index (χ0) is 14.5. The van der Waals surface area contributed by atoms with Crippen molar-refractivity contribution in [1.82, 2.24) is 20.9 Å². The predicted molar refractivity (Wildman–Crippen MR) is 88.3 cm³/mol. The third-order valence-electron chi connectivity index (χ3n) is 2.13. The average molecular weight is 302 g/mol. The van der Waals surface area contributed by atoms with E-state index in [4.69, 9.17) is 29.5 Å². The molecule has 0 aliphatic carbocycles. The van der Waals surface area contributed by atoms with E-state index >= 15 is 0 Å². The third-order valence-corrected chi connectivity index (χ3v) is 2.82. The van der Waals surface area contributed by atoms with Crippen molar-refractivity contribution >= 4 is 34.7 Å². The van der Waals surface area contributed by atoms with Crippen LogP contribution >= 0.6 is 24.4 Å². The Balaban J connectivity index is 3.99. The van der Waals surface area contributed by atoms with E-state index in [-0.39, 0.29) is 6.61 Å². The molecule has 0 rings (SSSR count). The van der Waals surface area contributed by atoms with E-state index in [0.29, 0.717) is 42.9 Å². The molecule has 0 unspecified atom stereocenters. The van der Waals surface area contributed by atoms with Crippen LogP contribution in [0, 0.1) is 0 Å². The smallest absolute Gasteiger partial charge is 0.169 e. The maximum Gasteiger partial charge on any atom is 0.169 e. The number of thiocarbonyl (C=S) groups is 2. The molecule has 0 aliphatic rings. The molecule has 19 heavy (non-hydrogen) atoms. The van der Waals surface area contributed by atoms with Gasteiger partial charge in [-0.3, -0.25) is 0 Å². The number of nitrogens with one attached hydrogen (secondary N) is 3. The number of hydrogen-bond acceptors (Lipinski definition) is 3. The zero-order valence-electron chi connectivity index (χ0n) is 11.0. The highest BCUT2D eigenvalue weighted by atomic mass is 32.1. The van der Waals surface area contributed by atoms with Gasteiger partial charge in [-0.25, -0.2) is 0 Å². The van der Waals surface area contributed by atoms with Crippen molar-refractivity contribution < 1.29 is 5.11 Å². The standard InChI is InChI=1S/C12H22N4OS2/c1-3-5-13-11(18)14-7-8-16(9-10-17)12(19)15-6-4-2/h3-4,17H,1-2,5-10H2,(H,15,19)(H2,13,14,18). The summed E-state index contributed by atoms with van der Waals surface area (Å²) in [6.45, 7) is 10.3. The average Bonchev–Trinajstić information content (AvgIpc) is 2.41. The van der Waals surface area contributed by atoms with E-state index in [0.717, 1.165) is 0 Å². The van der Waals surface area contributed by atoms with E-state index < -0.39 is 0 Å². The van der Waals surface area contributed by atoms with Gasteiger partial charge in [0.15, 0.2) is 10.2 Å². The molecule has 0 bridgehead atoms. The van der Waals surface area contributed by atoms with Crippen molar-refractivity contribution in [2.24, 2.45) is 0 Å². The summed E-state index contributed by atoms with van der Waals surface area (Å²) in [5.74, 6) is 0. The van der Waals surface area contributed by atoms with Crippen molar-refractivity contribution in [1.29, 1.82) is 0 Å². The summed E-state index contributed by atoms with van der Waals surface area (Å²) in [6.07, 6.45) is 3.47. The van der Waals surface area contributed by atoms with Gasteiger partial charge in [0.25, 0.3) is 0 Å². The monoisotopic (exact) mass is 302 g/mol. The maximum absolute atomic E-state index is 9.02. The van der Waals surface area contributed by atoms with E-state index in [1.54, 1.807) is 12.2 Å². The molecule has 0 fully saturated rings. The second-order valence-corrected chi connectivity index (χ2v) is 4.41. The number of aliphatic hydroxyl groups excluding tert-OH is 1. The molecule has 0 atom stereocenters. The lowest BCUT2D eigenvalue weighted by Crippen LogP contribution is -2.46. The fourth-order valence-corrected chi connectivity index (χ4v) is 1.69. The highest BCUT2D eigenvalue weighted by Crippen LogP contribution is 1.89. The van der Waals surface area contributed by atoms with E-state index in [1.807, 2.05) is 4.90 Å². The van der Waals surface area contributed by atoms with Crippen LogP contribution in [-0.2, 0) is 0 Å². The van der Waals surface area contributed by atoms with Crippen LogP contribution in [0.4, 0.5) is 0 Å². The number of nitrogens with zero attached hydrogens (tertiary/aromatic N) is 1. The van der Waals surface area contributed by atoms with Gasteiger partial charge in [0.2, 0.25) is 0 Å². The first kappa shape index (κ1) is 17.8. The number of hydrogen-bond donors (Lipinski definition) is 4. The molecule has 0 spiro atoms. The summed E-state index contributed by atoms with van der Waals surface area (Å²) in [5, 5.41) is 19.3. The first-order valence-electron chi connectivity index (χ1n) is 6.02. The molecular weight excluding hydrogens is 280 g/mol. The number of aliphatic hydroxyl groups is 1. The summed E-state index contributed by atoms with van der Waals surface area (Å²) in [5.41, 5.74) is 0. The molecule has 0 aromatic rings.